The molecule has 1 aromatic carbocycles. The summed E-state index contributed by atoms with van der Waals surface area (Å²) in [5.41, 5.74) is 0.453. The second-order valence-corrected chi connectivity index (χ2v) is 5.35. The first-order valence-corrected chi connectivity index (χ1v) is 7.36. The molecule has 2 N–H and O–H groups in total. The van der Waals surface area contributed by atoms with E-state index in [1.165, 1.54) is 7.11 Å². The first-order chi connectivity index (χ1) is 10.2. The number of benzene rings is 1. The smallest absolute Gasteiger partial charge is 0.255 e. The van der Waals surface area contributed by atoms with Gasteiger partial charge in [-0.05, 0) is 25.0 Å². The van der Waals surface area contributed by atoms with Crippen LogP contribution in [0.15, 0.2) is 18.2 Å². The van der Waals surface area contributed by atoms with Crippen molar-refractivity contribution in [2.45, 2.75) is 44.2 Å². The van der Waals surface area contributed by atoms with Gasteiger partial charge in [0.25, 0.3) is 5.91 Å². The standard InChI is InChI=1S/C16H23NO4/c1-20-11-8-9-12(15(10-11)21-2)16(19)17-13-6-4-3-5-7-14(13)18/h8-10,13-14,18H,3-7H2,1-2H3,(H,17,19). The third-order valence-corrected chi connectivity index (χ3v) is 3.95. The third kappa shape index (κ3) is 3.88. The molecular weight excluding hydrogens is 270 g/mol. The maximum atomic E-state index is 12.4. The maximum absolute atomic E-state index is 12.4. The van der Waals surface area contributed by atoms with E-state index >= 15 is 0 Å². The van der Waals surface area contributed by atoms with Gasteiger partial charge in [0.1, 0.15) is 11.5 Å². The summed E-state index contributed by atoms with van der Waals surface area (Å²) in [6.07, 6.45) is 4.23. The molecule has 1 aliphatic carbocycles. The second-order valence-electron chi connectivity index (χ2n) is 5.35. The van der Waals surface area contributed by atoms with Gasteiger partial charge in [0, 0.05) is 6.07 Å². The molecular formula is C16H23NO4. The summed E-state index contributed by atoms with van der Waals surface area (Å²) >= 11 is 0. The zero-order valence-corrected chi connectivity index (χ0v) is 12.6. The minimum atomic E-state index is -0.472. The average molecular weight is 293 g/mol. The number of hydrogen-bond donors (Lipinski definition) is 2. The topological polar surface area (TPSA) is 67.8 Å². The van der Waals surface area contributed by atoms with Crippen LogP contribution in [0.3, 0.4) is 0 Å². The van der Waals surface area contributed by atoms with E-state index in [2.05, 4.69) is 5.32 Å². The van der Waals surface area contributed by atoms with E-state index in [-0.39, 0.29) is 11.9 Å². The van der Waals surface area contributed by atoms with Gasteiger partial charge in [0.05, 0.1) is 31.9 Å². The van der Waals surface area contributed by atoms with Crippen LogP contribution in [-0.4, -0.2) is 37.4 Å². The van der Waals surface area contributed by atoms with Gasteiger partial charge >= 0.3 is 0 Å². The molecule has 1 aliphatic rings. The summed E-state index contributed by atoms with van der Waals surface area (Å²) in [7, 11) is 3.09. The lowest BCUT2D eigenvalue weighted by molar-refractivity contribution is 0.0816. The van der Waals surface area contributed by atoms with Crippen molar-refractivity contribution in [3.05, 3.63) is 23.8 Å². The molecule has 0 aliphatic heterocycles. The Kier molecular flexibility index (Phi) is 5.44. The molecule has 2 unspecified atom stereocenters. The minimum absolute atomic E-state index is 0.188. The molecule has 0 aromatic heterocycles. The van der Waals surface area contributed by atoms with Crippen LogP contribution in [0, 0.1) is 0 Å². The van der Waals surface area contributed by atoms with E-state index in [1.807, 2.05) is 0 Å². The van der Waals surface area contributed by atoms with E-state index in [0.29, 0.717) is 17.1 Å². The highest BCUT2D eigenvalue weighted by atomic mass is 16.5. The molecule has 1 amide bonds. The van der Waals surface area contributed by atoms with Crippen molar-refractivity contribution in [1.29, 1.82) is 0 Å². The summed E-state index contributed by atoms with van der Waals surface area (Å²) in [4.78, 5) is 12.4. The highest BCUT2D eigenvalue weighted by Crippen LogP contribution is 2.25. The van der Waals surface area contributed by atoms with Crippen molar-refractivity contribution in [2.75, 3.05) is 14.2 Å². The largest absolute Gasteiger partial charge is 0.497 e. The van der Waals surface area contributed by atoms with Crippen LogP contribution in [0.1, 0.15) is 42.5 Å². The van der Waals surface area contributed by atoms with Crippen LogP contribution in [0.5, 0.6) is 11.5 Å². The number of carbonyl (C=O) groups excluding carboxylic acids is 1. The molecule has 2 atom stereocenters. The molecule has 1 aromatic rings. The van der Waals surface area contributed by atoms with Crippen molar-refractivity contribution in [2.24, 2.45) is 0 Å². The van der Waals surface area contributed by atoms with Crippen LogP contribution in [0.25, 0.3) is 0 Å². The molecule has 1 fully saturated rings. The fraction of sp³-hybridized carbons (Fsp3) is 0.562. The monoisotopic (exact) mass is 293 g/mol. The molecule has 0 heterocycles. The molecule has 0 saturated heterocycles. The summed E-state index contributed by atoms with van der Waals surface area (Å²) < 4.78 is 10.4. The third-order valence-electron chi connectivity index (χ3n) is 3.95. The Bertz CT molecular complexity index is 489. The first kappa shape index (κ1) is 15.6. The molecule has 2 rings (SSSR count). The predicted octanol–water partition coefficient (Wildman–Crippen LogP) is 2.13. The Morgan fingerprint density at radius 1 is 1.19 bits per heavy atom. The van der Waals surface area contributed by atoms with Crippen molar-refractivity contribution >= 4 is 5.91 Å². The number of ether oxygens (including phenoxy) is 2. The van der Waals surface area contributed by atoms with Crippen molar-refractivity contribution < 1.29 is 19.4 Å². The van der Waals surface area contributed by atoms with E-state index in [4.69, 9.17) is 9.47 Å². The van der Waals surface area contributed by atoms with Gasteiger partial charge in [-0.3, -0.25) is 4.79 Å². The van der Waals surface area contributed by atoms with E-state index in [9.17, 15) is 9.90 Å². The van der Waals surface area contributed by atoms with Crippen LogP contribution >= 0.6 is 0 Å². The maximum Gasteiger partial charge on any atom is 0.255 e. The quantitative estimate of drug-likeness (QED) is 0.835. The number of aliphatic hydroxyl groups is 1. The van der Waals surface area contributed by atoms with Gasteiger partial charge in [-0.25, -0.2) is 0 Å². The zero-order chi connectivity index (χ0) is 15.2. The lowest BCUT2D eigenvalue weighted by atomic mass is 10.1. The number of amides is 1. The normalized spacial score (nSPS) is 22.2. The highest BCUT2D eigenvalue weighted by Gasteiger charge is 2.24. The van der Waals surface area contributed by atoms with Gasteiger partial charge in [0.15, 0.2) is 0 Å². The Morgan fingerprint density at radius 2 is 1.95 bits per heavy atom. The SMILES string of the molecule is COc1ccc(C(=O)NC2CCCCCC2O)c(OC)c1. The molecule has 1 saturated carbocycles. The van der Waals surface area contributed by atoms with Gasteiger partial charge in [-0.2, -0.15) is 0 Å². The van der Waals surface area contributed by atoms with E-state index in [0.717, 1.165) is 32.1 Å². The number of hydrogen-bond acceptors (Lipinski definition) is 4. The van der Waals surface area contributed by atoms with E-state index < -0.39 is 6.10 Å². The summed E-state index contributed by atoms with van der Waals surface area (Å²) in [6.45, 7) is 0. The van der Waals surface area contributed by atoms with E-state index in [1.54, 1.807) is 25.3 Å². The lowest BCUT2D eigenvalue weighted by Gasteiger charge is -2.22. The van der Waals surface area contributed by atoms with Crippen molar-refractivity contribution in [3.63, 3.8) is 0 Å². The Hall–Kier alpha value is -1.75. The Balaban J connectivity index is 2.12. The van der Waals surface area contributed by atoms with Gasteiger partial charge in [-0.15, -0.1) is 0 Å². The number of carbonyl (C=O) groups is 1. The number of rotatable bonds is 4. The average Bonchev–Trinajstić information content (AvgIpc) is 2.71. The second kappa shape index (κ2) is 7.31. The molecule has 5 nitrogen and oxygen atoms in total. The molecule has 5 heteroatoms. The van der Waals surface area contributed by atoms with Crippen molar-refractivity contribution in [3.8, 4) is 11.5 Å². The Morgan fingerprint density at radius 3 is 2.67 bits per heavy atom. The lowest BCUT2D eigenvalue weighted by Crippen LogP contribution is -2.42. The van der Waals surface area contributed by atoms with Gasteiger partial charge in [0.2, 0.25) is 0 Å². The van der Waals surface area contributed by atoms with Crippen molar-refractivity contribution in [1.82, 2.24) is 5.32 Å². The molecule has 0 radical (unpaired) electrons. The number of aliphatic hydroxyl groups excluding tert-OH is 1. The molecule has 0 spiro atoms. The van der Waals surface area contributed by atoms with Crippen LogP contribution in [-0.2, 0) is 0 Å². The zero-order valence-electron chi connectivity index (χ0n) is 12.6. The summed E-state index contributed by atoms with van der Waals surface area (Å²) in [6, 6.07) is 4.89. The van der Waals surface area contributed by atoms with Crippen LogP contribution in [0.2, 0.25) is 0 Å². The Labute approximate surface area is 125 Å². The highest BCUT2D eigenvalue weighted by molar-refractivity contribution is 5.97. The van der Waals surface area contributed by atoms with Gasteiger partial charge in [-0.1, -0.05) is 19.3 Å². The number of nitrogens with one attached hydrogen (secondary N) is 1. The minimum Gasteiger partial charge on any atom is -0.497 e. The molecule has 116 valence electrons. The van der Waals surface area contributed by atoms with Crippen LogP contribution in [0.4, 0.5) is 0 Å². The van der Waals surface area contributed by atoms with Crippen LogP contribution < -0.4 is 14.8 Å². The fourth-order valence-electron chi connectivity index (χ4n) is 2.69. The number of methoxy groups -OCH3 is 2. The summed E-state index contributed by atoms with van der Waals surface area (Å²) in [5, 5.41) is 13.0. The first-order valence-electron chi connectivity index (χ1n) is 7.36. The molecule has 0 bridgehead atoms. The molecule has 21 heavy (non-hydrogen) atoms. The summed E-state index contributed by atoms with van der Waals surface area (Å²) in [5.74, 6) is 0.883. The fourth-order valence-corrected chi connectivity index (χ4v) is 2.69. The predicted molar refractivity (Wildman–Crippen MR) is 79.9 cm³/mol. The van der Waals surface area contributed by atoms with Gasteiger partial charge < -0.3 is 19.9 Å².